The lowest BCUT2D eigenvalue weighted by Gasteiger charge is -2.32. The summed E-state index contributed by atoms with van der Waals surface area (Å²) in [7, 11) is 0. The Bertz CT molecular complexity index is 1130. The number of anilines is 2. The number of alkyl halides is 3. The Morgan fingerprint density at radius 3 is 2.82 bits per heavy atom. The summed E-state index contributed by atoms with van der Waals surface area (Å²) in [6.45, 7) is 4.69. The first kappa shape index (κ1) is 21.7. The molecule has 1 aliphatic carbocycles. The lowest BCUT2D eigenvalue weighted by Crippen LogP contribution is -2.37. The molecular weight excluding hydrogens is 435 g/mol. The molecule has 0 radical (unpaired) electrons. The van der Waals surface area contributed by atoms with Crippen molar-refractivity contribution in [3.05, 3.63) is 36.4 Å². The molecule has 1 aliphatic heterocycles. The number of rotatable bonds is 5. The number of nitrogens with zero attached hydrogens (tertiary/aromatic N) is 6. The number of pyridine rings is 1. The average Bonchev–Trinajstić information content (AvgIpc) is 3.38. The van der Waals surface area contributed by atoms with Crippen LogP contribution in [0.3, 0.4) is 0 Å². The molecule has 1 N–H and O–H groups in total. The number of nitrogens with one attached hydrogen (secondary N) is 1. The van der Waals surface area contributed by atoms with Crippen molar-refractivity contribution in [1.82, 2.24) is 24.6 Å². The lowest BCUT2D eigenvalue weighted by molar-refractivity contribution is -0.189. The Balaban J connectivity index is 1.33. The number of aromatic nitrogens is 5. The zero-order chi connectivity index (χ0) is 23.2. The van der Waals surface area contributed by atoms with Crippen molar-refractivity contribution >= 4 is 17.4 Å². The van der Waals surface area contributed by atoms with Crippen LogP contribution in [0, 0.1) is 18.8 Å². The molecule has 1 saturated heterocycles. The van der Waals surface area contributed by atoms with E-state index >= 15 is 0 Å². The fourth-order valence-corrected chi connectivity index (χ4v) is 4.92. The van der Waals surface area contributed by atoms with Crippen LogP contribution in [-0.2, 0) is 0 Å². The largest absolute Gasteiger partial charge is 0.477 e. The third-order valence-corrected chi connectivity index (χ3v) is 6.59. The van der Waals surface area contributed by atoms with E-state index in [1.165, 1.54) is 10.6 Å². The second-order valence-electron chi connectivity index (χ2n) is 8.85. The van der Waals surface area contributed by atoms with Crippen LogP contribution in [0.4, 0.5) is 24.9 Å². The summed E-state index contributed by atoms with van der Waals surface area (Å²) in [5.41, 5.74) is 0.257. The number of hydrogen-bond donors (Lipinski definition) is 1. The minimum absolute atomic E-state index is 0.0515. The van der Waals surface area contributed by atoms with E-state index in [9.17, 15) is 13.2 Å². The van der Waals surface area contributed by atoms with E-state index in [0.29, 0.717) is 17.8 Å². The molecule has 2 unspecified atom stereocenters. The van der Waals surface area contributed by atoms with Gasteiger partial charge in [-0.25, -0.2) is 14.5 Å². The van der Waals surface area contributed by atoms with E-state index in [0.717, 1.165) is 50.9 Å². The minimum atomic E-state index is -4.46. The topological polar surface area (TPSA) is 80.5 Å². The van der Waals surface area contributed by atoms with E-state index < -0.39 is 12.3 Å². The summed E-state index contributed by atoms with van der Waals surface area (Å²) in [6, 6.07) is 5.19. The van der Waals surface area contributed by atoms with Crippen molar-refractivity contribution in [2.75, 3.05) is 23.3 Å². The predicted molar refractivity (Wildman–Crippen MR) is 116 cm³/mol. The number of halogens is 3. The normalized spacial score (nSPS) is 24.0. The highest BCUT2D eigenvalue weighted by Gasteiger charge is 2.41. The summed E-state index contributed by atoms with van der Waals surface area (Å²) in [5, 5.41) is 7.89. The number of aryl methyl sites for hydroxylation is 1. The van der Waals surface area contributed by atoms with Gasteiger partial charge >= 0.3 is 6.18 Å². The van der Waals surface area contributed by atoms with Gasteiger partial charge in [-0.05, 0) is 50.8 Å². The van der Waals surface area contributed by atoms with Gasteiger partial charge in [0.2, 0.25) is 5.95 Å². The van der Waals surface area contributed by atoms with E-state index in [4.69, 9.17) is 4.74 Å². The third kappa shape index (κ3) is 4.40. The van der Waals surface area contributed by atoms with Crippen LogP contribution in [0.5, 0.6) is 5.75 Å². The van der Waals surface area contributed by atoms with Crippen LogP contribution < -0.4 is 15.0 Å². The van der Waals surface area contributed by atoms with Crippen molar-refractivity contribution in [1.29, 1.82) is 0 Å². The molecule has 4 atom stereocenters. The molecule has 3 aromatic heterocycles. The minimum Gasteiger partial charge on any atom is -0.477 e. The van der Waals surface area contributed by atoms with Crippen molar-refractivity contribution in [3.8, 4) is 5.75 Å². The summed E-state index contributed by atoms with van der Waals surface area (Å²) < 4.78 is 45.5. The first-order chi connectivity index (χ1) is 15.8. The van der Waals surface area contributed by atoms with Crippen LogP contribution >= 0.6 is 0 Å². The second-order valence-corrected chi connectivity index (χ2v) is 8.85. The molecule has 0 aromatic carbocycles. The van der Waals surface area contributed by atoms with Gasteiger partial charge in [0.05, 0.1) is 0 Å². The van der Waals surface area contributed by atoms with Gasteiger partial charge in [0, 0.05) is 37.4 Å². The Morgan fingerprint density at radius 1 is 1.18 bits per heavy atom. The van der Waals surface area contributed by atoms with Crippen LogP contribution in [0.25, 0.3) is 5.65 Å². The van der Waals surface area contributed by atoms with Crippen LogP contribution in [-0.4, -0.2) is 56.0 Å². The highest BCUT2D eigenvalue weighted by Crippen LogP contribution is 2.39. The number of fused-ring (bicyclic) bond motifs is 2. The molecular formula is C22H26F3N7O. The van der Waals surface area contributed by atoms with Gasteiger partial charge in [0.15, 0.2) is 17.5 Å². The predicted octanol–water partition coefficient (Wildman–Crippen LogP) is 3.87. The standard InChI is InChI=1S/C22H26F3N7O/c1-13(22(23,24)25)33-18-7-4-10-32-20(18)29-21(30-32)28-17-6-3-5-15-11-31(12-16(15)17)19-8-9-26-14(2)27-19/h4,7-10,13,15-17H,3,5-6,11-12H2,1-2H3,(H,28,30)/t13?,15?,16-,17-/m1/s1. The molecule has 2 fully saturated rings. The second kappa shape index (κ2) is 8.35. The van der Waals surface area contributed by atoms with Crippen LogP contribution in [0.15, 0.2) is 30.6 Å². The SMILES string of the molecule is Cc1nccc(N2CC3CCC[C@@H](Nc4nc5c(OC(C)C(F)(F)F)cccn5n4)[C@@H]3C2)n1. The van der Waals surface area contributed by atoms with Crippen molar-refractivity contribution < 1.29 is 17.9 Å². The molecule has 176 valence electrons. The van der Waals surface area contributed by atoms with E-state index in [2.05, 4.69) is 30.3 Å². The maximum absolute atomic E-state index is 13.0. The maximum Gasteiger partial charge on any atom is 0.425 e. The zero-order valence-corrected chi connectivity index (χ0v) is 18.5. The molecule has 2 aliphatic rings. The first-order valence-corrected chi connectivity index (χ1v) is 11.2. The molecule has 0 bridgehead atoms. The van der Waals surface area contributed by atoms with E-state index in [1.54, 1.807) is 18.5 Å². The molecule has 3 aromatic rings. The molecule has 33 heavy (non-hydrogen) atoms. The quantitative estimate of drug-likeness (QED) is 0.618. The van der Waals surface area contributed by atoms with Gasteiger partial charge in [-0.3, -0.25) is 0 Å². The summed E-state index contributed by atoms with van der Waals surface area (Å²) in [5.74, 6) is 3.09. The molecule has 11 heteroatoms. The molecule has 5 rings (SSSR count). The van der Waals surface area contributed by atoms with Gasteiger partial charge in [-0.15, -0.1) is 5.10 Å². The maximum atomic E-state index is 13.0. The molecule has 1 saturated carbocycles. The van der Waals surface area contributed by atoms with Gasteiger partial charge < -0.3 is 15.0 Å². The molecule has 8 nitrogen and oxygen atoms in total. The van der Waals surface area contributed by atoms with Crippen molar-refractivity contribution in [2.24, 2.45) is 11.8 Å². The van der Waals surface area contributed by atoms with Gasteiger partial charge in [-0.2, -0.15) is 18.2 Å². The van der Waals surface area contributed by atoms with Crippen LogP contribution in [0.1, 0.15) is 32.0 Å². The van der Waals surface area contributed by atoms with Gasteiger partial charge in [0.25, 0.3) is 0 Å². The van der Waals surface area contributed by atoms with Crippen molar-refractivity contribution in [3.63, 3.8) is 0 Å². The fraction of sp³-hybridized carbons (Fsp3) is 0.545. The summed E-state index contributed by atoms with van der Waals surface area (Å²) in [6.07, 6.45) is 0.288. The average molecular weight is 461 g/mol. The van der Waals surface area contributed by atoms with Crippen molar-refractivity contribution in [2.45, 2.75) is 51.4 Å². The number of hydrogen-bond acceptors (Lipinski definition) is 7. The number of ether oxygens (including phenoxy) is 1. The van der Waals surface area contributed by atoms with E-state index in [1.807, 2.05) is 13.0 Å². The van der Waals surface area contributed by atoms with E-state index in [-0.39, 0.29) is 17.4 Å². The summed E-state index contributed by atoms with van der Waals surface area (Å²) >= 11 is 0. The van der Waals surface area contributed by atoms with Gasteiger partial charge in [-0.1, -0.05) is 6.42 Å². The highest BCUT2D eigenvalue weighted by molar-refractivity contribution is 5.56. The first-order valence-electron chi connectivity index (χ1n) is 11.2. The Labute approximate surface area is 189 Å². The molecule has 0 spiro atoms. The Kier molecular flexibility index (Phi) is 5.49. The fourth-order valence-electron chi connectivity index (χ4n) is 4.92. The lowest BCUT2D eigenvalue weighted by atomic mass is 9.78. The zero-order valence-electron chi connectivity index (χ0n) is 18.5. The summed E-state index contributed by atoms with van der Waals surface area (Å²) in [4.78, 5) is 15.5. The Hall–Kier alpha value is -3.11. The third-order valence-electron chi connectivity index (χ3n) is 6.59. The monoisotopic (exact) mass is 461 g/mol. The molecule has 4 heterocycles. The molecule has 0 amide bonds. The highest BCUT2D eigenvalue weighted by atomic mass is 19.4. The van der Waals surface area contributed by atoms with Gasteiger partial charge in [0.1, 0.15) is 11.6 Å². The van der Waals surface area contributed by atoms with Crippen LogP contribution in [0.2, 0.25) is 0 Å². The Morgan fingerprint density at radius 2 is 2.03 bits per heavy atom. The smallest absolute Gasteiger partial charge is 0.425 e.